The van der Waals surface area contributed by atoms with E-state index < -0.39 is 0 Å². The lowest BCUT2D eigenvalue weighted by atomic mass is 9.92. The van der Waals surface area contributed by atoms with Gasteiger partial charge in [-0.25, -0.2) is 0 Å². The fraction of sp³-hybridized carbons (Fsp3) is 0.571. The van der Waals surface area contributed by atoms with Crippen LogP contribution in [0, 0.1) is 18.3 Å². The number of para-hydroxylation sites is 1. The molecule has 0 atom stereocenters. The zero-order valence-electron chi connectivity index (χ0n) is 10.5. The summed E-state index contributed by atoms with van der Waals surface area (Å²) in [6.45, 7) is 7.79. The zero-order chi connectivity index (χ0) is 11.8. The van der Waals surface area contributed by atoms with Crippen LogP contribution in [0.2, 0.25) is 0 Å². The van der Waals surface area contributed by atoms with Crippen molar-refractivity contribution in [3.63, 3.8) is 0 Å². The molecule has 0 bridgehead atoms. The van der Waals surface area contributed by atoms with E-state index in [0.29, 0.717) is 5.41 Å². The fourth-order valence-electron chi connectivity index (χ4n) is 2.32. The first-order valence-corrected chi connectivity index (χ1v) is 6.14. The van der Waals surface area contributed by atoms with Crippen LogP contribution in [0.1, 0.15) is 32.3 Å². The van der Waals surface area contributed by atoms with Gasteiger partial charge in [-0.05, 0) is 42.7 Å². The molecule has 0 saturated heterocycles. The van der Waals surface area contributed by atoms with E-state index in [1.807, 2.05) is 12.1 Å². The van der Waals surface area contributed by atoms with Crippen molar-refractivity contribution < 1.29 is 0 Å². The minimum absolute atomic E-state index is 0.523. The van der Waals surface area contributed by atoms with Gasteiger partial charge in [-0.1, -0.05) is 26.0 Å². The summed E-state index contributed by atoms with van der Waals surface area (Å²) in [5.41, 5.74) is 9.72. The maximum Gasteiger partial charge on any atom is 0.0603 e. The molecule has 2 nitrogen and oxygen atoms in total. The molecule has 0 amide bonds. The van der Waals surface area contributed by atoms with Crippen LogP contribution < -0.4 is 11.1 Å². The smallest absolute Gasteiger partial charge is 0.0603 e. The molecule has 0 aliphatic heterocycles. The van der Waals surface area contributed by atoms with Crippen LogP contribution in [-0.4, -0.2) is 6.54 Å². The molecular weight excluding hydrogens is 196 g/mol. The van der Waals surface area contributed by atoms with Gasteiger partial charge in [0.25, 0.3) is 0 Å². The molecule has 0 unspecified atom stereocenters. The first-order chi connectivity index (χ1) is 7.55. The van der Waals surface area contributed by atoms with E-state index in [1.54, 1.807) is 0 Å². The van der Waals surface area contributed by atoms with E-state index in [-0.39, 0.29) is 0 Å². The summed E-state index contributed by atoms with van der Waals surface area (Å²) >= 11 is 0. The SMILES string of the molecule is Cc1cccc(N)c1NCC1(C(C)C)CC1. The Morgan fingerprint density at radius 2 is 2.06 bits per heavy atom. The lowest BCUT2D eigenvalue weighted by molar-refractivity contribution is 0.380. The Morgan fingerprint density at radius 1 is 1.38 bits per heavy atom. The van der Waals surface area contributed by atoms with Crippen molar-refractivity contribution in [3.05, 3.63) is 23.8 Å². The number of hydrogen-bond donors (Lipinski definition) is 2. The second kappa shape index (κ2) is 4.00. The molecular formula is C14H22N2. The molecule has 88 valence electrons. The van der Waals surface area contributed by atoms with E-state index >= 15 is 0 Å². The molecule has 1 fully saturated rings. The number of aryl methyl sites for hydroxylation is 1. The van der Waals surface area contributed by atoms with Crippen LogP contribution in [0.3, 0.4) is 0 Å². The highest BCUT2D eigenvalue weighted by Gasteiger charge is 2.44. The molecule has 1 aromatic carbocycles. The molecule has 0 aromatic heterocycles. The van der Waals surface area contributed by atoms with Crippen molar-refractivity contribution in [2.24, 2.45) is 11.3 Å². The fourth-order valence-corrected chi connectivity index (χ4v) is 2.32. The van der Waals surface area contributed by atoms with Crippen molar-refractivity contribution in [1.82, 2.24) is 0 Å². The Kier molecular flexibility index (Phi) is 2.83. The molecule has 1 aliphatic carbocycles. The van der Waals surface area contributed by atoms with Crippen molar-refractivity contribution >= 4 is 11.4 Å². The maximum absolute atomic E-state index is 5.98. The van der Waals surface area contributed by atoms with Crippen molar-refractivity contribution in [3.8, 4) is 0 Å². The normalized spacial score (nSPS) is 17.5. The van der Waals surface area contributed by atoms with Gasteiger partial charge in [0.1, 0.15) is 0 Å². The van der Waals surface area contributed by atoms with Gasteiger partial charge in [0.2, 0.25) is 0 Å². The predicted octanol–water partition coefficient (Wildman–Crippen LogP) is 3.43. The van der Waals surface area contributed by atoms with Gasteiger partial charge in [-0.3, -0.25) is 0 Å². The van der Waals surface area contributed by atoms with Gasteiger partial charge >= 0.3 is 0 Å². The van der Waals surface area contributed by atoms with Crippen LogP contribution in [-0.2, 0) is 0 Å². The van der Waals surface area contributed by atoms with E-state index in [9.17, 15) is 0 Å². The molecule has 2 heteroatoms. The van der Waals surface area contributed by atoms with Crippen molar-refractivity contribution in [1.29, 1.82) is 0 Å². The number of rotatable bonds is 4. The van der Waals surface area contributed by atoms with Gasteiger partial charge in [0.05, 0.1) is 11.4 Å². The third-order valence-corrected chi connectivity index (χ3v) is 4.04. The molecule has 16 heavy (non-hydrogen) atoms. The van der Waals surface area contributed by atoms with Gasteiger partial charge in [0, 0.05) is 6.54 Å². The van der Waals surface area contributed by atoms with Crippen LogP contribution >= 0.6 is 0 Å². The van der Waals surface area contributed by atoms with Crippen LogP contribution in [0.15, 0.2) is 18.2 Å². The lowest BCUT2D eigenvalue weighted by Crippen LogP contribution is -2.21. The first kappa shape index (κ1) is 11.3. The van der Waals surface area contributed by atoms with Gasteiger partial charge < -0.3 is 11.1 Å². The molecule has 1 saturated carbocycles. The zero-order valence-corrected chi connectivity index (χ0v) is 10.5. The van der Waals surface area contributed by atoms with Crippen molar-refractivity contribution in [2.45, 2.75) is 33.6 Å². The minimum atomic E-state index is 0.523. The summed E-state index contributed by atoms with van der Waals surface area (Å²) in [4.78, 5) is 0. The molecule has 2 rings (SSSR count). The molecule has 1 aliphatic rings. The number of hydrogen-bond acceptors (Lipinski definition) is 2. The molecule has 0 spiro atoms. The maximum atomic E-state index is 5.98. The Labute approximate surface area is 98.2 Å². The van der Waals surface area contributed by atoms with Gasteiger partial charge in [-0.2, -0.15) is 0 Å². The summed E-state index contributed by atoms with van der Waals surface area (Å²) in [5.74, 6) is 0.755. The lowest BCUT2D eigenvalue weighted by Gasteiger charge is -2.22. The van der Waals surface area contributed by atoms with E-state index in [1.165, 1.54) is 18.4 Å². The monoisotopic (exact) mass is 218 g/mol. The van der Waals surface area contributed by atoms with Gasteiger partial charge in [-0.15, -0.1) is 0 Å². The van der Waals surface area contributed by atoms with Gasteiger partial charge in [0.15, 0.2) is 0 Å². The minimum Gasteiger partial charge on any atom is -0.397 e. The van der Waals surface area contributed by atoms with E-state index in [2.05, 4.69) is 32.2 Å². The molecule has 3 N–H and O–H groups in total. The third-order valence-electron chi connectivity index (χ3n) is 4.04. The van der Waals surface area contributed by atoms with Crippen LogP contribution in [0.4, 0.5) is 11.4 Å². The average Bonchev–Trinajstić information content (AvgIpc) is 2.98. The summed E-state index contributed by atoms with van der Waals surface area (Å²) in [7, 11) is 0. The Balaban J connectivity index is 2.05. The topological polar surface area (TPSA) is 38.0 Å². The summed E-state index contributed by atoms with van der Waals surface area (Å²) in [5, 5.41) is 3.54. The van der Waals surface area contributed by atoms with Crippen molar-refractivity contribution in [2.75, 3.05) is 17.6 Å². The van der Waals surface area contributed by atoms with E-state index in [4.69, 9.17) is 5.73 Å². The third kappa shape index (κ3) is 2.01. The summed E-state index contributed by atoms with van der Waals surface area (Å²) < 4.78 is 0. The highest BCUT2D eigenvalue weighted by molar-refractivity contribution is 5.69. The number of nitrogen functional groups attached to an aromatic ring is 1. The summed E-state index contributed by atoms with van der Waals surface area (Å²) in [6, 6.07) is 6.07. The highest BCUT2D eigenvalue weighted by Crippen LogP contribution is 2.51. The number of nitrogens with one attached hydrogen (secondary N) is 1. The van der Waals surface area contributed by atoms with Crippen LogP contribution in [0.25, 0.3) is 0 Å². The number of benzene rings is 1. The van der Waals surface area contributed by atoms with E-state index in [0.717, 1.165) is 23.8 Å². The molecule has 0 radical (unpaired) electrons. The average molecular weight is 218 g/mol. The largest absolute Gasteiger partial charge is 0.397 e. The standard InChI is InChI=1S/C14H22N2/c1-10(2)14(7-8-14)9-16-13-11(3)5-4-6-12(13)15/h4-6,10,16H,7-9,15H2,1-3H3. The second-order valence-corrected chi connectivity index (χ2v) is 5.41. The number of anilines is 2. The van der Waals surface area contributed by atoms with Crippen LogP contribution in [0.5, 0.6) is 0 Å². The summed E-state index contributed by atoms with van der Waals surface area (Å²) in [6.07, 6.45) is 2.70. The Morgan fingerprint density at radius 3 is 2.56 bits per heavy atom. The molecule has 1 aromatic rings. The first-order valence-electron chi connectivity index (χ1n) is 6.14. The number of nitrogens with two attached hydrogens (primary N) is 1. The Hall–Kier alpha value is -1.18. The Bertz CT molecular complexity index is 358. The predicted molar refractivity (Wildman–Crippen MR) is 70.6 cm³/mol. The highest BCUT2D eigenvalue weighted by atomic mass is 14.9. The second-order valence-electron chi connectivity index (χ2n) is 5.41. The quantitative estimate of drug-likeness (QED) is 0.760. The molecule has 0 heterocycles.